The molecule has 0 bridgehead atoms. The van der Waals surface area contributed by atoms with Gasteiger partial charge in [0.05, 0.1) is 5.92 Å². The fourth-order valence-electron chi connectivity index (χ4n) is 1.20. The molecule has 1 aliphatic heterocycles. The molecule has 0 spiro atoms. The van der Waals surface area contributed by atoms with Gasteiger partial charge in [0, 0.05) is 19.2 Å². The number of hydrogen-bond acceptors (Lipinski definition) is 3. The Morgan fingerprint density at radius 1 is 1.33 bits per heavy atom. The first-order valence-corrected chi connectivity index (χ1v) is 4.54. The van der Waals surface area contributed by atoms with E-state index in [4.69, 9.17) is 4.74 Å². The topological polar surface area (TPSA) is 38.3 Å². The summed E-state index contributed by atoms with van der Waals surface area (Å²) >= 11 is 0. The SMILES string of the molecule is O=C(Oc1ccc(F)c(F)c1)C1CNC1. The molecule has 2 rings (SSSR count). The van der Waals surface area contributed by atoms with Gasteiger partial charge >= 0.3 is 5.97 Å². The molecule has 0 unspecified atom stereocenters. The van der Waals surface area contributed by atoms with Gasteiger partial charge in [-0.25, -0.2) is 8.78 Å². The lowest BCUT2D eigenvalue weighted by Gasteiger charge is -2.24. The van der Waals surface area contributed by atoms with Crippen LogP contribution in [0.4, 0.5) is 8.78 Å². The van der Waals surface area contributed by atoms with E-state index < -0.39 is 17.6 Å². The van der Waals surface area contributed by atoms with Crippen molar-refractivity contribution in [1.82, 2.24) is 5.32 Å². The Hall–Kier alpha value is -1.49. The lowest BCUT2D eigenvalue weighted by Crippen LogP contribution is -2.48. The summed E-state index contributed by atoms with van der Waals surface area (Å²) in [5, 5.41) is 2.91. The number of ether oxygens (including phenoxy) is 1. The third-order valence-corrected chi connectivity index (χ3v) is 2.22. The van der Waals surface area contributed by atoms with Crippen LogP contribution in [0.1, 0.15) is 0 Å². The molecular weight excluding hydrogens is 204 g/mol. The van der Waals surface area contributed by atoms with Gasteiger partial charge in [0.1, 0.15) is 5.75 Å². The zero-order valence-corrected chi connectivity index (χ0v) is 7.80. The number of nitrogens with one attached hydrogen (secondary N) is 1. The maximum absolute atomic E-state index is 12.7. The lowest BCUT2D eigenvalue weighted by atomic mass is 10.0. The summed E-state index contributed by atoms with van der Waals surface area (Å²) in [6.07, 6.45) is 0. The van der Waals surface area contributed by atoms with E-state index in [1.807, 2.05) is 0 Å². The third kappa shape index (κ3) is 2.12. The van der Waals surface area contributed by atoms with Crippen LogP contribution in [0.15, 0.2) is 18.2 Å². The molecule has 3 nitrogen and oxygen atoms in total. The minimum Gasteiger partial charge on any atom is -0.426 e. The van der Waals surface area contributed by atoms with Gasteiger partial charge in [-0.1, -0.05) is 0 Å². The molecule has 0 saturated carbocycles. The predicted octanol–water partition coefficient (Wildman–Crippen LogP) is 1.09. The van der Waals surface area contributed by atoms with Crippen molar-refractivity contribution < 1.29 is 18.3 Å². The molecular formula is C10H9F2NO2. The second-order valence-corrected chi connectivity index (χ2v) is 3.35. The van der Waals surface area contributed by atoms with Gasteiger partial charge in [-0.3, -0.25) is 4.79 Å². The molecule has 1 aromatic carbocycles. The minimum absolute atomic E-state index is 0.0331. The largest absolute Gasteiger partial charge is 0.426 e. The van der Waals surface area contributed by atoms with Crippen LogP contribution in [0.25, 0.3) is 0 Å². The molecule has 1 saturated heterocycles. The number of esters is 1. The quantitative estimate of drug-likeness (QED) is 0.590. The highest BCUT2D eigenvalue weighted by Crippen LogP contribution is 2.17. The van der Waals surface area contributed by atoms with E-state index >= 15 is 0 Å². The maximum atomic E-state index is 12.7. The van der Waals surface area contributed by atoms with Crippen molar-refractivity contribution in [3.63, 3.8) is 0 Å². The van der Waals surface area contributed by atoms with Crippen molar-refractivity contribution in [3.8, 4) is 5.75 Å². The molecule has 0 atom stereocenters. The Morgan fingerprint density at radius 2 is 2.07 bits per heavy atom. The average molecular weight is 213 g/mol. The lowest BCUT2D eigenvalue weighted by molar-refractivity contribution is -0.140. The van der Waals surface area contributed by atoms with E-state index in [2.05, 4.69) is 5.32 Å². The molecule has 5 heteroatoms. The van der Waals surface area contributed by atoms with Gasteiger partial charge in [0.15, 0.2) is 11.6 Å². The Balaban J connectivity index is 2.03. The second-order valence-electron chi connectivity index (χ2n) is 3.35. The van der Waals surface area contributed by atoms with Gasteiger partial charge in [-0.15, -0.1) is 0 Å². The van der Waals surface area contributed by atoms with Crippen LogP contribution in [0.2, 0.25) is 0 Å². The zero-order chi connectivity index (χ0) is 10.8. The van der Waals surface area contributed by atoms with Crippen LogP contribution in [0, 0.1) is 17.6 Å². The Kier molecular flexibility index (Phi) is 2.64. The van der Waals surface area contributed by atoms with Crippen LogP contribution in [0.5, 0.6) is 5.75 Å². The normalized spacial score (nSPS) is 15.9. The molecule has 1 aromatic rings. The van der Waals surface area contributed by atoms with Crippen molar-refractivity contribution >= 4 is 5.97 Å². The molecule has 0 aromatic heterocycles. The molecule has 0 amide bonds. The fourth-order valence-corrected chi connectivity index (χ4v) is 1.20. The summed E-state index contributed by atoms with van der Waals surface area (Å²) in [4.78, 5) is 11.3. The molecule has 1 fully saturated rings. The third-order valence-electron chi connectivity index (χ3n) is 2.22. The van der Waals surface area contributed by atoms with Crippen LogP contribution in [-0.4, -0.2) is 19.1 Å². The number of halogens is 2. The van der Waals surface area contributed by atoms with Gasteiger partial charge in [-0.2, -0.15) is 0 Å². The van der Waals surface area contributed by atoms with Gasteiger partial charge in [0.25, 0.3) is 0 Å². The summed E-state index contributed by atoms with van der Waals surface area (Å²) in [6.45, 7) is 1.14. The van der Waals surface area contributed by atoms with E-state index in [9.17, 15) is 13.6 Å². The van der Waals surface area contributed by atoms with Crippen LogP contribution in [-0.2, 0) is 4.79 Å². The second kappa shape index (κ2) is 3.94. The number of hydrogen-bond donors (Lipinski definition) is 1. The standard InChI is InChI=1S/C10H9F2NO2/c11-8-2-1-7(3-9(8)12)15-10(14)6-4-13-5-6/h1-3,6,13H,4-5H2. The first kappa shape index (κ1) is 10.0. The van der Waals surface area contributed by atoms with Crippen molar-refractivity contribution in [3.05, 3.63) is 29.8 Å². The number of benzene rings is 1. The highest BCUT2D eigenvalue weighted by Gasteiger charge is 2.26. The van der Waals surface area contributed by atoms with Gasteiger partial charge in [0.2, 0.25) is 0 Å². The van der Waals surface area contributed by atoms with Crippen LogP contribution in [0.3, 0.4) is 0 Å². The first-order valence-electron chi connectivity index (χ1n) is 4.54. The summed E-state index contributed by atoms with van der Waals surface area (Å²) < 4.78 is 30.2. The van der Waals surface area contributed by atoms with Crippen molar-refractivity contribution in [2.75, 3.05) is 13.1 Å². The average Bonchev–Trinajstić information content (AvgIpc) is 2.08. The molecule has 0 radical (unpaired) electrons. The number of carbonyl (C=O) groups is 1. The molecule has 1 heterocycles. The summed E-state index contributed by atoms with van der Waals surface area (Å²) in [5.74, 6) is -2.55. The predicted molar refractivity (Wildman–Crippen MR) is 48.4 cm³/mol. The molecule has 80 valence electrons. The van der Waals surface area contributed by atoms with E-state index in [-0.39, 0.29) is 11.7 Å². The maximum Gasteiger partial charge on any atom is 0.316 e. The molecule has 0 aliphatic carbocycles. The van der Waals surface area contributed by atoms with Crippen LogP contribution >= 0.6 is 0 Å². The molecule has 1 N–H and O–H groups in total. The monoisotopic (exact) mass is 213 g/mol. The summed E-state index contributed by atoms with van der Waals surface area (Å²) in [7, 11) is 0. The van der Waals surface area contributed by atoms with E-state index in [1.165, 1.54) is 6.07 Å². The molecule has 1 aliphatic rings. The highest BCUT2D eigenvalue weighted by atomic mass is 19.2. The minimum atomic E-state index is -1.02. The van der Waals surface area contributed by atoms with E-state index in [1.54, 1.807) is 0 Å². The van der Waals surface area contributed by atoms with Crippen molar-refractivity contribution in [1.29, 1.82) is 0 Å². The Morgan fingerprint density at radius 3 is 2.60 bits per heavy atom. The van der Waals surface area contributed by atoms with E-state index in [0.717, 1.165) is 12.1 Å². The molecule has 15 heavy (non-hydrogen) atoms. The van der Waals surface area contributed by atoms with Gasteiger partial charge in [-0.05, 0) is 12.1 Å². The smallest absolute Gasteiger partial charge is 0.316 e. The van der Waals surface area contributed by atoms with E-state index in [0.29, 0.717) is 13.1 Å². The summed E-state index contributed by atoms with van der Waals surface area (Å²) in [5.41, 5.74) is 0. The number of rotatable bonds is 2. The first-order chi connectivity index (χ1) is 7.16. The van der Waals surface area contributed by atoms with Crippen LogP contribution < -0.4 is 10.1 Å². The highest BCUT2D eigenvalue weighted by molar-refractivity contribution is 5.76. The van der Waals surface area contributed by atoms with Crippen molar-refractivity contribution in [2.45, 2.75) is 0 Å². The summed E-state index contributed by atoms with van der Waals surface area (Å²) in [6, 6.07) is 3.01. The Labute approximate surface area is 85.0 Å². The Bertz CT molecular complexity index is 391. The number of carbonyl (C=O) groups excluding carboxylic acids is 1. The van der Waals surface area contributed by atoms with Crippen molar-refractivity contribution in [2.24, 2.45) is 5.92 Å². The zero-order valence-electron chi connectivity index (χ0n) is 7.80. The fraction of sp³-hybridized carbons (Fsp3) is 0.300. The van der Waals surface area contributed by atoms with Gasteiger partial charge < -0.3 is 10.1 Å².